The van der Waals surface area contributed by atoms with Crippen molar-refractivity contribution in [1.82, 2.24) is 19.9 Å². The van der Waals surface area contributed by atoms with Gasteiger partial charge in [-0.3, -0.25) is 9.59 Å². The van der Waals surface area contributed by atoms with Crippen molar-refractivity contribution in [2.24, 2.45) is 5.92 Å². The average molecular weight is 421 g/mol. The van der Waals surface area contributed by atoms with Crippen molar-refractivity contribution >= 4 is 16.8 Å². The van der Waals surface area contributed by atoms with Crippen LogP contribution >= 0.6 is 0 Å². The number of aryl methyl sites for hydroxylation is 2. The first kappa shape index (κ1) is 21.0. The molecule has 3 aromatic rings. The van der Waals surface area contributed by atoms with E-state index in [9.17, 15) is 9.59 Å². The Hall–Kier alpha value is -3.22. The van der Waals surface area contributed by atoms with Crippen LogP contribution in [0.15, 0.2) is 53.3 Å². The summed E-state index contributed by atoms with van der Waals surface area (Å²) < 4.78 is 6.50. The van der Waals surface area contributed by atoms with Gasteiger partial charge in [-0.2, -0.15) is 0 Å². The van der Waals surface area contributed by atoms with Crippen molar-refractivity contribution in [3.63, 3.8) is 0 Å². The molecule has 1 aromatic heterocycles. The molecule has 2 aromatic carbocycles. The minimum atomic E-state index is -0.198. The zero-order valence-electron chi connectivity index (χ0n) is 17.9. The third-order valence-electron chi connectivity index (χ3n) is 6.13. The molecule has 7 heteroatoms. The normalized spacial score (nSPS) is 14.7. The van der Waals surface area contributed by atoms with Gasteiger partial charge in [0.2, 0.25) is 5.91 Å². The number of amides is 1. The fourth-order valence-electron chi connectivity index (χ4n) is 4.16. The number of carbonyl (C=O) groups is 1. The molecular weight excluding hydrogens is 392 g/mol. The molecule has 31 heavy (non-hydrogen) atoms. The molecule has 2 heterocycles. The van der Waals surface area contributed by atoms with Gasteiger partial charge in [-0.15, -0.1) is 5.10 Å². The zero-order valence-corrected chi connectivity index (χ0v) is 17.9. The SMILES string of the molecule is COc1ccc(CCC2CCN(C(=O)CCn3nnc4ccccc4c3=O)CC2)cc1. The number of fused-ring (bicyclic) bond motifs is 1. The van der Waals surface area contributed by atoms with E-state index in [1.165, 1.54) is 10.2 Å². The number of carbonyl (C=O) groups excluding carboxylic acids is 1. The molecule has 0 radical (unpaired) electrons. The molecule has 0 saturated carbocycles. The molecule has 0 spiro atoms. The number of nitrogens with zero attached hydrogens (tertiary/aromatic N) is 4. The fourth-order valence-corrected chi connectivity index (χ4v) is 4.16. The summed E-state index contributed by atoms with van der Waals surface area (Å²) in [6, 6.07) is 15.4. The number of methoxy groups -OCH3 is 1. The summed E-state index contributed by atoms with van der Waals surface area (Å²) in [6.07, 6.45) is 4.50. The van der Waals surface area contributed by atoms with Crippen molar-refractivity contribution in [2.45, 2.75) is 38.6 Å². The molecule has 162 valence electrons. The lowest BCUT2D eigenvalue weighted by Crippen LogP contribution is -2.39. The van der Waals surface area contributed by atoms with Crippen molar-refractivity contribution in [1.29, 1.82) is 0 Å². The Morgan fingerprint density at radius 3 is 2.58 bits per heavy atom. The molecule has 0 atom stereocenters. The molecule has 1 saturated heterocycles. The number of benzene rings is 2. The molecule has 0 bridgehead atoms. The van der Waals surface area contributed by atoms with Gasteiger partial charge < -0.3 is 9.64 Å². The maximum atomic E-state index is 12.6. The Balaban J connectivity index is 1.24. The predicted molar refractivity (Wildman–Crippen MR) is 119 cm³/mol. The van der Waals surface area contributed by atoms with Crippen LogP contribution in [0.2, 0.25) is 0 Å². The zero-order chi connectivity index (χ0) is 21.6. The van der Waals surface area contributed by atoms with Crippen molar-refractivity contribution in [2.75, 3.05) is 20.2 Å². The summed E-state index contributed by atoms with van der Waals surface area (Å²) >= 11 is 0. The molecule has 0 N–H and O–H groups in total. The summed E-state index contributed by atoms with van der Waals surface area (Å²) in [6.45, 7) is 1.82. The van der Waals surface area contributed by atoms with Crippen molar-refractivity contribution < 1.29 is 9.53 Å². The third kappa shape index (κ3) is 5.10. The molecule has 7 nitrogen and oxygen atoms in total. The summed E-state index contributed by atoms with van der Waals surface area (Å²) in [5.41, 5.74) is 1.70. The second-order valence-corrected chi connectivity index (χ2v) is 8.10. The van der Waals surface area contributed by atoms with E-state index in [1.54, 1.807) is 25.3 Å². The highest BCUT2D eigenvalue weighted by atomic mass is 16.5. The van der Waals surface area contributed by atoms with Gasteiger partial charge in [0.15, 0.2) is 0 Å². The molecule has 0 aliphatic carbocycles. The van der Waals surface area contributed by atoms with E-state index < -0.39 is 0 Å². The average Bonchev–Trinajstić information content (AvgIpc) is 2.83. The third-order valence-corrected chi connectivity index (χ3v) is 6.13. The van der Waals surface area contributed by atoms with Crippen LogP contribution in [-0.4, -0.2) is 46.0 Å². The predicted octanol–water partition coefficient (Wildman–Crippen LogP) is 3.06. The fraction of sp³-hybridized carbons (Fsp3) is 0.417. The van der Waals surface area contributed by atoms with Crippen LogP contribution in [0.25, 0.3) is 10.9 Å². The Kier molecular flexibility index (Phi) is 6.60. The van der Waals surface area contributed by atoms with E-state index in [0.717, 1.165) is 44.5 Å². The molecule has 1 fully saturated rings. The van der Waals surface area contributed by atoms with Gasteiger partial charge in [-0.05, 0) is 61.4 Å². The van der Waals surface area contributed by atoms with Gasteiger partial charge in [-0.1, -0.05) is 29.5 Å². The van der Waals surface area contributed by atoms with E-state index >= 15 is 0 Å². The van der Waals surface area contributed by atoms with Crippen molar-refractivity contribution in [3.05, 3.63) is 64.4 Å². The van der Waals surface area contributed by atoms with Crippen molar-refractivity contribution in [3.8, 4) is 5.75 Å². The van der Waals surface area contributed by atoms with Gasteiger partial charge in [0.05, 0.1) is 19.0 Å². The van der Waals surface area contributed by atoms with E-state index in [4.69, 9.17) is 4.74 Å². The van der Waals surface area contributed by atoms with E-state index in [0.29, 0.717) is 16.8 Å². The van der Waals surface area contributed by atoms with Gasteiger partial charge in [-0.25, -0.2) is 4.68 Å². The standard InChI is InChI=1S/C24H28N4O3/c1-31-20-10-8-18(9-11-20)6-7-19-12-15-27(16-13-19)23(29)14-17-28-24(30)21-4-2-3-5-22(21)25-26-28/h2-5,8-11,19H,6-7,12-17H2,1H3. The highest BCUT2D eigenvalue weighted by molar-refractivity contribution is 5.77. The lowest BCUT2D eigenvalue weighted by Gasteiger charge is -2.32. The summed E-state index contributed by atoms with van der Waals surface area (Å²) in [7, 11) is 1.68. The van der Waals surface area contributed by atoms with Crippen LogP contribution in [0.3, 0.4) is 0 Å². The second-order valence-electron chi connectivity index (χ2n) is 8.10. The van der Waals surface area contributed by atoms with Gasteiger partial charge in [0.1, 0.15) is 11.3 Å². The van der Waals surface area contributed by atoms with E-state index in [-0.39, 0.29) is 24.4 Å². The maximum Gasteiger partial charge on any atom is 0.277 e. The highest BCUT2D eigenvalue weighted by Gasteiger charge is 2.22. The van der Waals surface area contributed by atoms with E-state index in [1.807, 2.05) is 23.1 Å². The number of ether oxygens (including phenoxy) is 1. The van der Waals surface area contributed by atoms with Gasteiger partial charge >= 0.3 is 0 Å². The first-order valence-electron chi connectivity index (χ1n) is 10.9. The Bertz CT molecular complexity index is 1090. The lowest BCUT2D eigenvalue weighted by molar-refractivity contribution is -0.132. The molecule has 4 rings (SSSR count). The largest absolute Gasteiger partial charge is 0.497 e. The number of rotatable bonds is 7. The van der Waals surface area contributed by atoms with Crippen LogP contribution in [0.5, 0.6) is 5.75 Å². The number of piperidine rings is 1. The summed E-state index contributed by atoms with van der Waals surface area (Å²) in [5.74, 6) is 1.60. The molecule has 1 amide bonds. The molecule has 0 unspecified atom stereocenters. The summed E-state index contributed by atoms with van der Waals surface area (Å²) in [5, 5.41) is 8.58. The monoisotopic (exact) mass is 420 g/mol. The van der Waals surface area contributed by atoms with Crippen LogP contribution in [0.1, 0.15) is 31.2 Å². The number of aromatic nitrogens is 3. The lowest BCUT2D eigenvalue weighted by atomic mass is 9.90. The minimum absolute atomic E-state index is 0.0791. The van der Waals surface area contributed by atoms with Gasteiger partial charge in [0, 0.05) is 19.5 Å². The Morgan fingerprint density at radius 1 is 1.10 bits per heavy atom. The maximum absolute atomic E-state index is 12.6. The van der Waals surface area contributed by atoms with E-state index in [2.05, 4.69) is 22.4 Å². The Morgan fingerprint density at radius 2 is 1.84 bits per heavy atom. The molecule has 1 aliphatic heterocycles. The number of hydrogen-bond acceptors (Lipinski definition) is 5. The number of hydrogen-bond donors (Lipinski definition) is 0. The van der Waals surface area contributed by atoms with Gasteiger partial charge in [0.25, 0.3) is 5.56 Å². The quantitative estimate of drug-likeness (QED) is 0.587. The highest BCUT2D eigenvalue weighted by Crippen LogP contribution is 2.23. The topological polar surface area (TPSA) is 77.3 Å². The van der Waals surface area contributed by atoms with Crippen LogP contribution in [-0.2, 0) is 17.8 Å². The summed E-state index contributed by atoms with van der Waals surface area (Å²) in [4.78, 5) is 27.1. The number of likely N-dealkylation sites (tertiary alicyclic amines) is 1. The second kappa shape index (κ2) is 9.73. The van der Waals surface area contributed by atoms with Crippen LogP contribution < -0.4 is 10.3 Å². The molecule has 1 aliphatic rings. The van der Waals surface area contributed by atoms with Crippen LogP contribution in [0, 0.1) is 5.92 Å². The Labute approximate surface area is 181 Å². The van der Waals surface area contributed by atoms with Crippen LogP contribution in [0.4, 0.5) is 0 Å². The minimum Gasteiger partial charge on any atom is -0.497 e. The first-order chi connectivity index (χ1) is 15.1. The molecular formula is C24H28N4O3. The first-order valence-corrected chi connectivity index (χ1v) is 10.9. The smallest absolute Gasteiger partial charge is 0.277 e.